The summed E-state index contributed by atoms with van der Waals surface area (Å²) in [5, 5.41) is 6.11. The summed E-state index contributed by atoms with van der Waals surface area (Å²) in [5.41, 5.74) is 2.87. The summed E-state index contributed by atoms with van der Waals surface area (Å²) in [6, 6.07) is 16.1. The molecule has 0 saturated heterocycles. The van der Waals surface area contributed by atoms with Gasteiger partial charge in [0.1, 0.15) is 5.75 Å². The summed E-state index contributed by atoms with van der Waals surface area (Å²) in [5.74, 6) is -0.186. The number of hydrogen-bond donors (Lipinski definition) is 3. The average molecular weight is 553 g/mol. The number of halogens is 2. The molecule has 1 unspecified atom stereocenters. The van der Waals surface area contributed by atoms with E-state index in [1.807, 2.05) is 26.0 Å². The third kappa shape index (κ3) is 7.32. The maximum atomic E-state index is 12.7. The van der Waals surface area contributed by atoms with Crippen molar-refractivity contribution in [1.82, 2.24) is 5.32 Å². The number of carbonyl (C=O) groups is 1. The molecule has 1 amide bonds. The lowest BCUT2D eigenvalue weighted by Gasteiger charge is -2.17. The monoisotopic (exact) mass is 551 g/mol. The molecule has 0 saturated carbocycles. The van der Waals surface area contributed by atoms with E-state index in [-0.39, 0.29) is 15.0 Å². The molecule has 3 aromatic rings. The largest absolute Gasteiger partial charge is 0.479 e. The highest BCUT2D eigenvalue weighted by atomic mass is 35.5. The maximum Gasteiger partial charge on any atom is 0.266 e. The van der Waals surface area contributed by atoms with Crippen LogP contribution in [0.4, 0.5) is 11.4 Å². The van der Waals surface area contributed by atoms with Gasteiger partial charge in [-0.1, -0.05) is 40.9 Å². The fourth-order valence-corrected chi connectivity index (χ4v) is 4.84. The predicted molar refractivity (Wildman–Crippen MR) is 144 cm³/mol. The van der Waals surface area contributed by atoms with Gasteiger partial charge in [-0.3, -0.25) is 14.8 Å². The minimum atomic E-state index is -3.78. The van der Waals surface area contributed by atoms with E-state index in [1.165, 1.54) is 18.2 Å². The molecular weight excluding hydrogens is 529 g/mol. The van der Waals surface area contributed by atoms with Crippen molar-refractivity contribution >= 4 is 67.8 Å². The molecule has 0 aliphatic rings. The van der Waals surface area contributed by atoms with Crippen molar-refractivity contribution in [2.45, 2.75) is 31.8 Å². The smallest absolute Gasteiger partial charge is 0.266 e. The number of hydrogen-bond acceptors (Lipinski definition) is 5. The van der Waals surface area contributed by atoms with Gasteiger partial charge in [0.15, 0.2) is 11.2 Å². The van der Waals surface area contributed by atoms with Gasteiger partial charge in [-0.25, -0.2) is 8.42 Å². The molecule has 0 spiro atoms. The third-order valence-corrected chi connectivity index (χ3v) is 6.97. The first kappa shape index (κ1) is 26.7. The summed E-state index contributed by atoms with van der Waals surface area (Å²) in [4.78, 5) is 12.5. The van der Waals surface area contributed by atoms with Gasteiger partial charge in [-0.2, -0.15) is 0 Å². The number of thiocarbonyl (C=S) groups is 1. The number of nitrogens with one attached hydrogen (secondary N) is 3. The molecule has 0 aliphatic carbocycles. The van der Waals surface area contributed by atoms with E-state index in [2.05, 4.69) is 15.4 Å². The first-order valence-corrected chi connectivity index (χ1v) is 13.0. The molecule has 184 valence electrons. The highest BCUT2D eigenvalue weighted by Crippen LogP contribution is 2.28. The van der Waals surface area contributed by atoms with Gasteiger partial charge in [-0.15, -0.1) is 0 Å². The van der Waals surface area contributed by atoms with Crippen LogP contribution in [0.1, 0.15) is 18.1 Å². The van der Waals surface area contributed by atoms with Crippen LogP contribution in [-0.4, -0.2) is 25.5 Å². The Morgan fingerprint density at radius 1 is 1.00 bits per heavy atom. The molecule has 3 aromatic carbocycles. The third-order valence-electron chi connectivity index (χ3n) is 4.85. The number of aryl methyl sites for hydroxylation is 2. The minimum Gasteiger partial charge on any atom is -0.479 e. The SMILES string of the molecule is Cc1ccc(NS(=O)(=O)c2ccc(NC(=S)NC(=O)C(C)Oc3ccc(Cl)cc3Cl)cc2)c(C)c1. The lowest BCUT2D eigenvalue weighted by Crippen LogP contribution is -2.42. The van der Waals surface area contributed by atoms with Crippen LogP contribution in [0.15, 0.2) is 65.6 Å². The highest BCUT2D eigenvalue weighted by molar-refractivity contribution is 7.92. The van der Waals surface area contributed by atoms with Crippen molar-refractivity contribution < 1.29 is 17.9 Å². The second-order valence-electron chi connectivity index (χ2n) is 7.73. The summed E-state index contributed by atoms with van der Waals surface area (Å²) in [6.45, 7) is 5.32. The van der Waals surface area contributed by atoms with E-state index in [4.69, 9.17) is 40.2 Å². The molecule has 0 heterocycles. The summed E-state index contributed by atoms with van der Waals surface area (Å²) < 4.78 is 33.6. The number of amides is 1. The number of sulfonamides is 1. The van der Waals surface area contributed by atoms with Crippen LogP contribution in [-0.2, 0) is 14.8 Å². The number of anilines is 2. The van der Waals surface area contributed by atoms with Gasteiger partial charge in [0.05, 0.1) is 15.6 Å². The molecule has 3 rings (SSSR count). The van der Waals surface area contributed by atoms with Crippen molar-refractivity contribution in [1.29, 1.82) is 0 Å². The van der Waals surface area contributed by atoms with Crippen LogP contribution >= 0.6 is 35.4 Å². The van der Waals surface area contributed by atoms with E-state index < -0.39 is 22.0 Å². The quantitative estimate of drug-likeness (QED) is 0.326. The van der Waals surface area contributed by atoms with Crippen LogP contribution < -0.4 is 20.1 Å². The molecule has 35 heavy (non-hydrogen) atoms. The standard InChI is InChI=1S/C24H23Cl2N3O4S2/c1-14-4-10-21(15(2)12-14)29-35(31,32)19-8-6-18(7-9-19)27-24(34)28-23(30)16(3)33-22-11-5-17(25)13-20(22)26/h4-13,16,29H,1-3H3,(H2,27,28,30,34). The van der Waals surface area contributed by atoms with Crippen LogP contribution in [0.5, 0.6) is 5.75 Å². The molecule has 0 fully saturated rings. The first-order chi connectivity index (χ1) is 16.4. The Hall–Kier alpha value is -2.85. The number of benzene rings is 3. The van der Waals surface area contributed by atoms with Crippen molar-refractivity contribution in [2.24, 2.45) is 0 Å². The van der Waals surface area contributed by atoms with Gasteiger partial charge in [0.2, 0.25) is 0 Å². The first-order valence-electron chi connectivity index (χ1n) is 10.4. The number of carbonyl (C=O) groups excluding carboxylic acids is 1. The normalized spacial score (nSPS) is 11.9. The molecule has 11 heteroatoms. The second-order valence-corrected chi connectivity index (χ2v) is 10.7. The average Bonchev–Trinajstić information content (AvgIpc) is 2.77. The fourth-order valence-electron chi connectivity index (χ4n) is 3.04. The van der Waals surface area contributed by atoms with Crippen molar-refractivity contribution in [3.63, 3.8) is 0 Å². The molecule has 0 bridgehead atoms. The zero-order valence-corrected chi connectivity index (χ0v) is 22.2. The van der Waals surface area contributed by atoms with Crippen molar-refractivity contribution in [3.8, 4) is 5.75 Å². The van der Waals surface area contributed by atoms with E-state index in [0.29, 0.717) is 22.1 Å². The fraction of sp³-hybridized carbons (Fsp3) is 0.167. The maximum absolute atomic E-state index is 12.7. The summed E-state index contributed by atoms with van der Waals surface area (Å²) >= 11 is 17.1. The van der Waals surface area contributed by atoms with E-state index in [1.54, 1.807) is 37.3 Å². The van der Waals surface area contributed by atoms with Gasteiger partial charge in [0, 0.05) is 10.7 Å². The Balaban J connectivity index is 1.58. The topological polar surface area (TPSA) is 96.5 Å². The minimum absolute atomic E-state index is 0.0247. The molecule has 3 N–H and O–H groups in total. The molecule has 1 atom stereocenters. The Labute approximate surface area is 219 Å². The predicted octanol–water partition coefficient (Wildman–Crippen LogP) is 5.69. The van der Waals surface area contributed by atoms with Crippen molar-refractivity contribution in [2.75, 3.05) is 10.0 Å². The Morgan fingerprint density at radius 2 is 1.69 bits per heavy atom. The Kier molecular flexibility index (Phi) is 8.60. The molecule has 7 nitrogen and oxygen atoms in total. The zero-order valence-electron chi connectivity index (χ0n) is 19.1. The summed E-state index contributed by atoms with van der Waals surface area (Å²) in [6.07, 6.45) is -0.891. The van der Waals surface area contributed by atoms with Crippen LogP contribution in [0, 0.1) is 13.8 Å². The van der Waals surface area contributed by atoms with Crippen LogP contribution in [0.2, 0.25) is 10.0 Å². The molecule has 0 aromatic heterocycles. The van der Waals surface area contributed by atoms with Crippen molar-refractivity contribution in [3.05, 3.63) is 81.8 Å². The summed E-state index contributed by atoms with van der Waals surface area (Å²) in [7, 11) is -3.78. The van der Waals surface area contributed by atoms with Gasteiger partial charge < -0.3 is 10.1 Å². The highest BCUT2D eigenvalue weighted by Gasteiger charge is 2.18. The zero-order chi connectivity index (χ0) is 25.8. The van der Waals surface area contributed by atoms with Crippen LogP contribution in [0.25, 0.3) is 0 Å². The number of rotatable bonds is 7. The number of ether oxygens (including phenoxy) is 1. The Bertz CT molecular complexity index is 1360. The van der Waals surface area contributed by atoms with Crippen LogP contribution in [0.3, 0.4) is 0 Å². The lowest BCUT2D eigenvalue weighted by molar-refractivity contribution is -0.125. The molecule has 0 radical (unpaired) electrons. The lowest BCUT2D eigenvalue weighted by atomic mass is 10.1. The van der Waals surface area contributed by atoms with E-state index in [9.17, 15) is 13.2 Å². The van der Waals surface area contributed by atoms with Gasteiger partial charge >= 0.3 is 0 Å². The molecule has 0 aliphatic heterocycles. The van der Waals surface area contributed by atoms with Gasteiger partial charge in [0.25, 0.3) is 15.9 Å². The Morgan fingerprint density at radius 3 is 2.31 bits per heavy atom. The van der Waals surface area contributed by atoms with E-state index in [0.717, 1.165) is 11.1 Å². The van der Waals surface area contributed by atoms with Gasteiger partial charge in [-0.05, 0) is 87.1 Å². The molecular formula is C24H23Cl2N3O4S2. The van der Waals surface area contributed by atoms with E-state index >= 15 is 0 Å². The second kappa shape index (κ2) is 11.3.